The molecule has 2 aromatic carbocycles. The van der Waals surface area contributed by atoms with Crippen molar-refractivity contribution in [1.82, 2.24) is 82.7 Å². The van der Waals surface area contributed by atoms with Gasteiger partial charge in [0.05, 0.1) is 51.1 Å². The minimum atomic E-state index is -1.87. The topological polar surface area (TPSA) is 630 Å². The number of hydrogen-bond donors (Lipinski definition) is 18. The van der Waals surface area contributed by atoms with E-state index in [0.29, 0.717) is 53.1 Å². The fourth-order valence-electron chi connectivity index (χ4n) is 14.0. The number of para-hydroxylation sites is 1. The molecule has 0 radical (unpaired) electrons. The molecule has 0 aliphatic carbocycles. The molecule has 117 heavy (non-hydrogen) atoms. The van der Waals surface area contributed by atoms with E-state index in [2.05, 4.69) is 58.2 Å². The van der Waals surface area contributed by atoms with E-state index in [-0.39, 0.29) is 63.8 Å². The van der Waals surface area contributed by atoms with Crippen molar-refractivity contribution in [2.45, 2.75) is 182 Å². The zero-order chi connectivity index (χ0) is 85.9. The molecule has 5 heterocycles. The fraction of sp³-hybridized carbons (Fsp3) is 0.554. The lowest BCUT2D eigenvalue weighted by molar-refractivity contribution is -0.149. The minimum absolute atomic E-state index is 0.0403. The van der Waals surface area contributed by atoms with Crippen molar-refractivity contribution >= 4 is 135 Å². The van der Waals surface area contributed by atoms with Crippen molar-refractivity contribution < 1.29 is 117 Å². The molecule has 3 aromatic rings. The second kappa shape index (κ2) is 44.2. The number of hydrogen-bond acceptors (Lipinski definition) is 23. The summed E-state index contributed by atoms with van der Waals surface area (Å²) in [6, 6.07) is -5.37. The Bertz CT molecular complexity index is 4190. The van der Waals surface area contributed by atoms with Crippen molar-refractivity contribution in [3.8, 4) is 5.75 Å². The van der Waals surface area contributed by atoms with Gasteiger partial charge in [-0.15, -0.1) is 11.8 Å². The summed E-state index contributed by atoms with van der Waals surface area (Å²) in [5.41, 5.74) is 12.2. The van der Waals surface area contributed by atoms with Gasteiger partial charge in [-0.1, -0.05) is 50.1 Å². The molecule has 4 saturated heterocycles. The van der Waals surface area contributed by atoms with E-state index in [9.17, 15) is 117 Å². The second-order valence-corrected chi connectivity index (χ2v) is 29.9. The van der Waals surface area contributed by atoms with Crippen molar-refractivity contribution in [2.24, 2.45) is 11.5 Å². The van der Waals surface area contributed by atoms with Crippen LogP contribution < -0.4 is 64.6 Å². The number of aromatic amines is 1. The summed E-state index contributed by atoms with van der Waals surface area (Å²) < 4.78 is 0. The fourth-order valence-corrected chi connectivity index (χ4v) is 14.8. The van der Waals surface area contributed by atoms with Gasteiger partial charge in [-0.2, -0.15) is 0 Å². The number of piperidine rings is 1. The van der Waals surface area contributed by atoms with Gasteiger partial charge in [-0.05, 0) is 80.7 Å². The van der Waals surface area contributed by atoms with Crippen LogP contribution >= 0.6 is 11.8 Å². The van der Waals surface area contributed by atoms with Crippen LogP contribution in [0.2, 0.25) is 0 Å². The maximum absolute atomic E-state index is 15.0. The third-order valence-corrected chi connectivity index (χ3v) is 21.1. The van der Waals surface area contributed by atoms with E-state index in [4.69, 9.17) is 11.5 Å². The number of nitrogens with two attached hydrogens (primary N) is 2. The van der Waals surface area contributed by atoms with Crippen molar-refractivity contribution in [2.75, 3.05) is 78.0 Å². The number of primary amides is 2. The zero-order valence-corrected chi connectivity index (χ0v) is 65.6. The molecule has 1 aromatic heterocycles. The third kappa shape index (κ3) is 27.0. The van der Waals surface area contributed by atoms with Gasteiger partial charge in [-0.25, -0.2) is 0 Å². The maximum Gasteiger partial charge on any atom is 0.305 e. The normalized spacial score (nSPS) is 25.3. The summed E-state index contributed by atoms with van der Waals surface area (Å²) in [6.07, 6.45) is -2.86. The third-order valence-electron chi connectivity index (χ3n) is 20.1. The first-order chi connectivity index (χ1) is 55.6. The number of carbonyl (C=O) groups excluding carboxylic acids is 17. The highest BCUT2D eigenvalue weighted by molar-refractivity contribution is 8.00. The van der Waals surface area contributed by atoms with E-state index < -0.39 is 274 Å². The van der Waals surface area contributed by atoms with Crippen LogP contribution in [0.5, 0.6) is 5.75 Å². The van der Waals surface area contributed by atoms with E-state index >= 15 is 0 Å². The second-order valence-electron chi connectivity index (χ2n) is 28.9. The van der Waals surface area contributed by atoms with Crippen LogP contribution in [0.3, 0.4) is 0 Å². The number of carboxylic acids is 2. The number of fused-ring (bicyclic) bond motifs is 4. The SMILES string of the molecule is CCCC[C@H]1C(=O)N[C@@H](CCC(=O)O)C(=O)N[C@H](C(=O)NCC(N)=O)CSCC(=O)N[C@@H](Cc2ccc(O)cc2)C(=O)N2CCCC[C@H]2C(=O)N[C@@H](CC(=O)O)C(=O)N2CCC[C@H]2C(=O)NCC(=O)N[C@@H](CCC(N)=O)C(=O)N2C[C@H](O)C[C@H]2C(=O)NCC(=O)N[C@@H](CO)C(=O)N[C@@H](Cc2c[nH]c3ccccc23)C(=O)N(C)CC(=O)N1C. The largest absolute Gasteiger partial charge is 0.508 e. The molecule has 12 atom stereocenters. The Balaban J connectivity index is 1.21. The van der Waals surface area contributed by atoms with Crippen LogP contribution in [0, 0.1) is 0 Å². The number of nitrogens with zero attached hydrogens (tertiary/aromatic N) is 5. The maximum atomic E-state index is 15.0. The van der Waals surface area contributed by atoms with E-state index in [1.165, 1.54) is 38.4 Å². The molecule has 17 amide bonds. The first-order valence-electron chi connectivity index (χ1n) is 38.1. The summed E-state index contributed by atoms with van der Waals surface area (Å²) in [6.45, 7) is -3.51. The molecule has 7 rings (SSSR count). The molecule has 0 unspecified atom stereocenters. The molecule has 4 aliphatic heterocycles. The number of unbranched alkanes of at least 4 members (excludes halogenated alkanes) is 1. The molecule has 0 saturated carbocycles. The van der Waals surface area contributed by atoms with Gasteiger partial charge in [0.2, 0.25) is 100 Å². The number of carbonyl (C=O) groups is 19. The molecule has 638 valence electrons. The Hall–Kier alpha value is -12.0. The summed E-state index contributed by atoms with van der Waals surface area (Å²) in [5.74, 6) is -21.3. The predicted molar refractivity (Wildman–Crippen MR) is 411 cm³/mol. The van der Waals surface area contributed by atoms with Gasteiger partial charge in [0, 0.05) is 88.7 Å². The van der Waals surface area contributed by atoms with Gasteiger partial charge >= 0.3 is 11.9 Å². The quantitative estimate of drug-likeness (QED) is 0.0530. The number of H-pyrrole nitrogens is 1. The molecule has 42 nitrogen and oxygen atoms in total. The molecular weight excluding hydrogens is 1560 g/mol. The van der Waals surface area contributed by atoms with Crippen LogP contribution in [-0.4, -0.2) is 318 Å². The van der Waals surface area contributed by atoms with Crippen LogP contribution in [0.25, 0.3) is 10.9 Å². The van der Waals surface area contributed by atoms with Gasteiger partial charge in [0.25, 0.3) is 0 Å². The molecule has 20 N–H and O–H groups in total. The molecule has 0 spiro atoms. The van der Waals surface area contributed by atoms with Crippen LogP contribution in [0.15, 0.2) is 54.7 Å². The summed E-state index contributed by atoms with van der Waals surface area (Å²) >= 11 is 0.704. The standard InChI is InChI=1S/C74H102N18O24S/c1-4-5-13-52-69(111)84-45(21-23-62(102)103)65(107)87-51(64(106)78-31-57(76)97)37-117-38-60(100)82-47(26-39-16-18-41(94)19-17-39)73(115)90-24-9-8-14-54(90)70(112)86-49(29-63(104)105)74(116)91-25-10-15-53(91)67(109)79-32-58(98)81-46(20-22-56(75)96)72(114)92-34-42(95)28-55(92)68(110)80-33-59(99)83-50(36-93)66(108)85-48(71(113)88(2)35-61(101)89(52)3)27-40-30-77-44-12-7-6-11-43(40)44/h6-7,11-12,16-19,30,42,45-55,77,93-95H,4-5,8-10,13-15,20-29,31-38H2,1-3H3,(H2,75,96)(H2,76,97)(H,78,106)(H,79,109)(H,80,110)(H,81,98)(H,82,100)(H,83,99)(H,84,111)(H,85,108)(H,86,112)(H,87,107)(H,102,103)(H,104,105)/t42-,45+,46+,47+,48+,49+,50+,51+,52+,53+,54+,55+/m1/s1. The Morgan fingerprint density at radius 1 is 0.581 bits per heavy atom. The van der Waals surface area contributed by atoms with Gasteiger partial charge in [0.15, 0.2) is 0 Å². The molecular formula is C74H102N18O24S. The van der Waals surface area contributed by atoms with E-state index in [0.717, 1.165) is 24.5 Å². The number of phenols is 1. The number of carboxylic acid groups (broad SMARTS) is 2. The minimum Gasteiger partial charge on any atom is -0.508 e. The Labute approximate surface area is 674 Å². The summed E-state index contributed by atoms with van der Waals surface area (Å²) in [4.78, 5) is 271. The highest BCUT2D eigenvalue weighted by Gasteiger charge is 2.45. The lowest BCUT2D eigenvalue weighted by Crippen LogP contribution is -2.61. The van der Waals surface area contributed by atoms with Crippen LogP contribution in [0.4, 0.5) is 0 Å². The Morgan fingerprint density at radius 3 is 1.81 bits per heavy atom. The lowest BCUT2D eigenvalue weighted by Gasteiger charge is -2.38. The van der Waals surface area contributed by atoms with Crippen LogP contribution in [-0.2, 0) is 104 Å². The Kier molecular flexibility index (Phi) is 34.8. The lowest BCUT2D eigenvalue weighted by atomic mass is 9.97. The first kappa shape index (κ1) is 92.2. The number of aliphatic carboxylic acids is 2. The number of rotatable bonds is 19. The zero-order valence-electron chi connectivity index (χ0n) is 64.8. The number of thioether (sulfide) groups is 1. The molecule has 4 fully saturated rings. The van der Waals surface area contributed by atoms with Crippen molar-refractivity contribution in [3.05, 3.63) is 65.9 Å². The van der Waals surface area contributed by atoms with Gasteiger partial charge in [-0.3, -0.25) is 91.1 Å². The number of likely N-dealkylation sites (N-methyl/N-ethyl adjacent to an activating group) is 2. The molecule has 43 heteroatoms. The highest BCUT2D eigenvalue weighted by atomic mass is 32.2. The number of aliphatic hydroxyl groups is 2. The van der Waals surface area contributed by atoms with Crippen LogP contribution in [0.1, 0.15) is 108 Å². The monoisotopic (exact) mass is 1660 g/mol. The number of benzene rings is 2. The number of aromatic nitrogens is 1. The predicted octanol–water partition coefficient (Wildman–Crippen LogP) is -6.96. The smallest absolute Gasteiger partial charge is 0.305 e. The Morgan fingerprint density at radius 2 is 1.16 bits per heavy atom. The molecule has 0 bridgehead atoms. The summed E-state index contributed by atoms with van der Waals surface area (Å²) in [7, 11) is 2.42. The first-order valence-corrected chi connectivity index (χ1v) is 39.3. The van der Waals surface area contributed by atoms with E-state index in [1.807, 2.05) is 0 Å². The number of nitrogens with one attached hydrogen (secondary N) is 11. The number of aliphatic hydroxyl groups excluding tert-OH is 2. The van der Waals surface area contributed by atoms with Gasteiger partial charge < -0.3 is 120 Å². The van der Waals surface area contributed by atoms with E-state index in [1.54, 1.807) is 37.4 Å². The highest BCUT2D eigenvalue weighted by Crippen LogP contribution is 2.26. The average molecular weight is 1660 g/mol. The summed E-state index contributed by atoms with van der Waals surface area (Å²) in [5, 5.41) is 76.2. The van der Waals surface area contributed by atoms with Crippen molar-refractivity contribution in [1.29, 1.82) is 0 Å². The van der Waals surface area contributed by atoms with Gasteiger partial charge in [0.1, 0.15) is 72.2 Å². The number of aromatic hydroxyl groups is 1. The molecule has 4 aliphatic rings. The average Bonchev–Trinajstić information content (AvgIpc) is 1.25. The number of amides is 17. The number of phenolic OH excluding ortho intramolecular Hbond substituents is 1. The van der Waals surface area contributed by atoms with Crippen molar-refractivity contribution in [3.63, 3.8) is 0 Å².